The molecule has 7 amide bonds. The number of rotatable bonds is 20. The summed E-state index contributed by atoms with van der Waals surface area (Å²) in [5.41, 5.74) is 0.641. The fourth-order valence-corrected chi connectivity index (χ4v) is 4.63. The van der Waals surface area contributed by atoms with Crippen molar-refractivity contribution in [2.75, 3.05) is 32.9 Å². The lowest BCUT2D eigenvalue weighted by Gasteiger charge is -2.20. The second-order valence-electron chi connectivity index (χ2n) is 11.3. The van der Waals surface area contributed by atoms with Crippen molar-refractivity contribution in [3.05, 3.63) is 35.9 Å². The minimum Gasteiger partial charge on any atom is -0.347 e. The van der Waals surface area contributed by atoms with Crippen LogP contribution in [0.5, 0.6) is 0 Å². The van der Waals surface area contributed by atoms with Gasteiger partial charge in [0.2, 0.25) is 47.5 Å². The van der Waals surface area contributed by atoms with Crippen LogP contribution in [0.25, 0.3) is 0 Å². The Bertz CT molecular complexity index is 1360. The number of Topliss-reactive ketones (excluding diaryl/α,β-unsaturated/α-hetero) is 1. The zero-order valence-corrected chi connectivity index (χ0v) is 27.2. The molecule has 1 unspecified atom stereocenters. The highest BCUT2D eigenvalue weighted by atomic mass is 19.4. The molecular weight excluding hydrogens is 657 g/mol. The molecule has 0 radical (unpaired) electrons. The Morgan fingerprint density at radius 3 is 2.08 bits per heavy atom. The second kappa shape index (κ2) is 19.8. The molecule has 18 heteroatoms. The molecule has 0 aliphatic carbocycles. The van der Waals surface area contributed by atoms with Crippen molar-refractivity contribution in [1.29, 1.82) is 0 Å². The molecule has 1 fully saturated rings. The number of benzene rings is 1. The SMILES string of the molecule is CC(=O)[C@@H](OCNC(=O)CNC(=O)[C@H](Cc1ccccc1)NC(=O)CNC(=O)CNC(=O)CCCCCN1C(=O)CC(C)C1=O)C(F)(F)F. The van der Waals surface area contributed by atoms with Crippen LogP contribution in [-0.2, 0) is 49.5 Å². The number of carbonyl (C=O) groups excluding carboxylic acids is 8. The molecule has 5 N–H and O–H groups in total. The van der Waals surface area contributed by atoms with E-state index in [0.717, 1.165) is 0 Å². The van der Waals surface area contributed by atoms with Crippen LogP contribution in [0.2, 0.25) is 0 Å². The van der Waals surface area contributed by atoms with Crippen LogP contribution in [0.15, 0.2) is 30.3 Å². The number of hydrogen-bond acceptors (Lipinski definition) is 9. The highest BCUT2D eigenvalue weighted by molar-refractivity contribution is 6.03. The van der Waals surface area contributed by atoms with Crippen molar-refractivity contribution in [3.63, 3.8) is 0 Å². The van der Waals surface area contributed by atoms with Gasteiger partial charge in [-0.05, 0) is 25.3 Å². The smallest absolute Gasteiger partial charge is 0.347 e. The number of unbranched alkanes of at least 4 members (excludes halogenated alkanes) is 2. The third-order valence-electron chi connectivity index (χ3n) is 7.19. The first-order valence-corrected chi connectivity index (χ1v) is 15.5. The first-order valence-electron chi connectivity index (χ1n) is 15.5. The van der Waals surface area contributed by atoms with Gasteiger partial charge in [0.25, 0.3) is 0 Å². The van der Waals surface area contributed by atoms with Gasteiger partial charge >= 0.3 is 6.18 Å². The Balaban J connectivity index is 1.73. The standard InChI is InChI=1S/C31H41F3N6O9/c1-19-13-27(46)40(30(19)48)12-8-4-7-11-23(42)35-15-24(43)36-17-26(45)39-22(14-21-9-5-3-6-10-21)29(47)37-16-25(44)38-18-49-28(20(2)41)31(32,33)34/h3,5-6,9-10,19,22,28H,4,7-8,11-18H2,1-2H3,(H,35,42)(H,36,43)(H,37,47)(H,38,44)(H,39,45)/t19?,22-,28+/m0/s1. The van der Waals surface area contributed by atoms with Gasteiger partial charge in [0, 0.05) is 31.7 Å². The lowest BCUT2D eigenvalue weighted by Crippen LogP contribution is -2.52. The van der Waals surface area contributed by atoms with E-state index in [9.17, 15) is 51.5 Å². The average molecular weight is 699 g/mol. The minimum atomic E-state index is -4.97. The highest BCUT2D eigenvalue weighted by Crippen LogP contribution is 2.23. The van der Waals surface area contributed by atoms with Crippen molar-refractivity contribution in [3.8, 4) is 0 Å². The van der Waals surface area contributed by atoms with E-state index in [1.165, 1.54) is 4.90 Å². The molecule has 1 aromatic rings. The predicted molar refractivity (Wildman–Crippen MR) is 165 cm³/mol. The van der Waals surface area contributed by atoms with Crippen LogP contribution in [0, 0.1) is 5.92 Å². The first-order chi connectivity index (χ1) is 23.1. The molecule has 0 saturated carbocycles. The zero-order chi connectivity index (χ0) is 36.6. The number of likely N-dealkylation sites (tertiary alicyclic amines) is 1. The second-order valence-corrected chi connectivity index (χ2v) is 11.3. The largest absolute Gasteiger partial charge is 0.421 e. The summed E-state index contributed by atoms with van der Waals surface area (Å²) in [4.78, 5) is 97.8. The number of amides is 7. The summed E-state index contributed by atoms with van der Waals surface area (Å²) >= 11 is 0. The van der Waals surface area contributed by atoms with E-state index in [4.69, 9.17) is 0 Å². The number of carbonyl (C=O) groups is 8. The van der Waals surface area contributed by atoms with Gasteiger partial charge in [-0.2, -0.15) is 13.2 Å². The van der Waals surface area contributed by atoms with Gasteiger partial charge < -0.3 is 31.3 Å². The third kappa shape index (κ3) is 14.8. The molecule has 1 heterocycles. The van der Waals surface area contributed by atoms with Crippen molar-refractivity contribution < 1.29 is 56.3 Å². The van der Waals surface area contributed by atoms with E-state index in [-0.39, 0.29) is 37.0 Å². The van der Waals surface area contributed by atoms with E-state index in [1.807, 2.05) is 5.32 Å². The first kappa shape index (κ1) is 40.3. The summed E-state index contributed by atoms with van der Waals surface area (Å²) in [6, 6.07) is 7.28. The fraction of sp³-hybridized carbons (Fsp3) is 0.548. The van der Waals surface area contributed by atoms with Gasteiger partial charge in [-0.1, -0.05) is 43.7 Å². The molecule has 3 atom stereocenters. The average Bonchev–Trinajstić information content (AvgIpc) is 3.28. The normalized spacial score (nSPS) is 15.6. The van der Waals surface area contributed by atoms with E-state index < -0.39 is 80.0 Å². The van der Waals surface area contributed by atoms with Gasteiger partial charge in [-0.15, -0.1) is 0 Å². The maximum atomic E-state index is 12.8. The Labute approximate surface area is 280 Å². The summed E-state index contributed by atoms with van der Waals surface area (Å²) in [5.74, 6) is -5.59. The van der Waals surface area contributed by atoms with Crippen LogP contribution < -0.4 is 26.6 Å². The maximum absolute atomic E-state index is 12.8. The molecule has 1 saturated heterocycles. The highest BCUT2D eigenvalue weighted by Gasteiger charge is 2.44. The van der Waals surface area contributed by atoms with Crippen molar-refractivity contribution >= 4 is 47.1 Å². The number of ketones is 1. The lowest BCUT2D eigenvalue weighted by atomic mass is 10.1. The Morgan fingerprint density at radius 1 is 0.857 bits per heavy atom. The van der Waals surface area contributed by atoms with Gasteiger partial charge in [0.1, 0.15) is 12.8 Å². The number of alkyl halides is 3. The molecule has 15 nitrogen and oxygen atoms in total. The monoisotopic (exact) mass is 698 g/mol. The van der Waals surface area contributed by atoms with Gasteiger partial charge in [0.15, 0.2) is 5.78 Å². The van der Waals surface area contributed by atoms with Gasteiger partial charge in [-0.25, -0.2) is 0 Å². The number of hydrogen-bond donors (Lipinski definition) is 5. The maximum Gasteiger partial charge on any atom is 0.421 e. The van der Waals surface area contributed by atoms with Gasteiger partial charge in [-0.3, -0.25) is 43.3 Å². The topological polar surface area (TPSA) is 209 Å². The fourth-order valence-electron chi connectivity index (χ4n) is 4.63. The molecule has 0 aromatic heterocycles. The molecular formula is C31H41F3N6O9. The number of halogens is 3. The lowest BCUT2D eigenvalue weighted by molar-refractivity contribution is -0.218. The Hall–Kier alpha value is -4.87. The molecule has 270 valence electrons. The van der Waals surface area contributed by atoms with Crippen LogP contribution in [-0.4, -0.2) is 103 Å². The third-order valence-corrected chi connectivity index (χ3v) is 7.19. The summed E-state index contributed by atoms with van der Waals surface area (Å²) in [5, 5.41) is 11.4. The Morgan fingerprint density at radius 2 is 1.47 bits per heavy atom. The van der Waals surface area contributed by atoms with E-state index in [1.54, 1.807) is 37.3 Å². The van der Waals surface area contributed by atoms with E-state index >= 15 is 0 Å². The molecule has 0 bridgehead atoms. The number of ether oxygens (including phenoxy) is 1. The molecule has 49 heavy (non-hydrogen) atoms. The molecule has 1 aliphatic heterocycles. The molecule has 1 aliphatic rings. The summed E-state index contributed by atoms with van der Waals surface area (Å²) < 4.78 is 42.8. The number of nitrogens with zero attached hydrogens (tertiary/aromatic N) is 1. The predicted octanol–water partition coefficient (Wildman–Crippen LogP) is -0.372. The van der Waals surface area contributed by atoms with Gasteiger partial charge in [0.05, 0.1) is 19.6 Å². The van der Waals surface area contributed by atoms with E-state index in [0.29, 0.717) is 38.3 Å². The molecule has 0 spiro atoms. The van der Waals surface area contributed by atoms with Crippen LogP contribution in [0.3, 0.4) is 0 Å². The minimum absolute atomic E-state index is 0.0111. The van der Waals surface area contributed by atoms with Crippen LogP contribution >= 0.6 is 0 Å². The summed E-state index contributed by atoms with van der Waals surface area (Å²) in [6.45, 7) is 0.0822. The van der Waals surface area contributed by atoms with Crippen molar-refractivity contribution in [2.45, 2.75) is 70.7 Å². The van der Waals surface area contributed by atoms with Crippen LogP contribution in [0.4, 0.5) is 13.2 Å². The number of nitrogens with one attached hydrogen (secondary N) is 5. The van der Waals surface area contributed by atoms with Crippen molar-refractivity contribution in [2.24, 2.45) is 5.92 Å². The Kier molecular flexibility index (Phi) is 16.3. The quantitative estimate of drug-likeness (QED) is 0.0683. The molecule has 1 aromatic carbocycles. The van der Waals surface area contributed by atoms with Crippen molar-refractivity contribution in [1.82, 2.24) is 31.5 Å². The van der Waals surface area contributed by atoms with E-state index in [2.05, 4.69) is 26.0 Å². The zero-order valence-electron chi connectivity index (χ0n) is 27.2. The summed E-state index contributed by atoms with van der Waals surface area (Å²) in [7, 11) is 0. The number of imide groups is 1. The van der Waals surface area contributed by atoms with Crippen LogP contribution in [0.1, 0.15) is 51.5 Å². The summed E-state index contributed by atoms with van der Waals surface area (Å²) in [6.07, 6.45) is -5.78. The molecule has 2 rings (SSSR count).